The summed E-state index contributed by atoms with van der Waals surface area (Å²) >= 11 is 0. The van der Waals surface area contributed by atoms with Crippen molar-refractivity contribution in [2.45, 2.75) is 13.0 Å². The first-order chi connectivity index (χ1) is 9.36. The van der Waals surface area contributed by atoms with Crippen LogP contribution < -0.4 is 4.90 Å². The number of carbonyl (C=O) groups excluding carboxylic acids is 3. The highest BCUT2D eigenvalue weighted by Crippen LogP contribution is 2.14. The monoisotopic (exact) mass is 279 g/mol. The van der Waals surface area contributed by atoms with E-state index in [-0.39, 0.29) is 5.56 Å². The third-order valence-electron chi connectivity index (χ3n) is 2.63. The molecule has 0 radical (unpaired) electrons. The van der Waals surface area contributed by atoms with Gasteiger partial charge in [0.05, 0.1) is 12.7 Å². The Labute approximate surface area is 117 Å². The van der Waals surface area contributed by atoms with Gasteiger partial charge >= 0.3 is 11.9 Å². The fourth-order valence-corrected chi connectivity index (χ4v) is 1.47. The Morgan fingerprint density at radius 1 is 1.10 bits per heavy atom. The van der Waals surface area contributed by atoms with Gasteiger partial charge < -0.3 is 14.4 Å². The van der Waals surface area contributed by atoms with Gasteiger partial charge in [-0.2, -0.15) is 0 Å². The average molecular weight is 279 g/mol. The predicted molar refractivity (Wildman–Crippen MR) is 72.7 cm³/mol. The molecule has 6 heteroatoms. The average Bonchev–Trinajstić information content (AvgIpc) is 2.43. The first-order valence-corrected chi connectivity index (χ1v) is 5.93. The van der Waals surface area contributed by atoms with E-state index in [1.165, 1.54) is 0 Å². The van der Waals surface area contributed by atoms with E-state index < -0.39 is 23.8 Å². The number of ketones is 1. The van der Waals surface area contributed by atoms with E-state index in [2.05, 4.69) is 4.74 Å². The molecule has 1 aromatic carbocycles. The van der Waals surface area contributed by atoms with E-state index >= 15 is 0 Å². The molecule has 6 nitrogen and oxygen atoms in total. The van der Waals surface area contributed by atoms with E-state index in [1.54, 1.807) is 24.3 Å². The van der Waals surface area contributed by atoms with Gasteiger partial charge in [0.2, 0.25) is 0 Å². The second kappa shape index (κ2) is 6.70. The maximum Gasteiger partial charge on any atom is 0.355 e. The number of hydrogen-bond acceptors (Lipinski definition) is 6. The second-order valence-electron chi connectivity index (χ2n) is 4.36. The van der Waals surface area contributed by atoms with Crippen molar-refractivity contribution >= 4 is 23.4 Å². The number of esters is 2. The molecule has 0 saturated carbocycles. The van der Waals surface area contributed by atoms with Gasteiger partial charge in [-0.1, -0.05) is 0 Å². The van der Waals surface area contributed by atoms with Gasteiger partial charge in [-0.15, -0.1) is 0 Å². The van der Waals surface area contributed by atoms with E-state index in [9.17, 15) is 14.4 Å². The topological polar surface area (TPSA) is 72.9 Å². The van der Waals surface area contributed by atoms with Gasteiger partial charge in [0, 0.05) is 19.8 Å². The van der Waals surface area contributed by atoms with Gasteiger partial charge in [-0.25, -0.2) is 9.59 Å². The van der Waals surface area contributed by atoms with Crippen LogP contribution in [0.25, 0.3) is 0 Å². The lowest BCUT2D eigenvalue weighted by Gasteiger charge is -2.14. The fourth-order valence-electron chi connectivity index (χ4n) is 1.47. The Morgan fingerprint density at radius 2 is 1.65 bits per heavy atom. The smallest absolute Gasteiger partial charge is 0.355 e. The molecule has 0 bridgehead atoms. The number of benzene rings is 1. The van der Waals surface area contributed by atoms with Gasteiger partial charge in [-0.3, -0.25) is 4.79 Å². The van der Waals surface area contributed by atoms with Crippen molar-refractivity contribution in [1.29, 1.82) is 0 Å². The molecule has 1 rings (SSSR count). The largest absolute Gasteiger partial charge is 0.466 e. The van der Waals surface area contributed by atoms with Gasteiger partial charge in [0.25, 0.3) is 6.10 Å². The van der Waals surface area contributed by atoms with Gasteiger partial charge in [0.1, 0.15) is 0 Å². The van der Waals surface area contributed by atoms with E-state index in [0.29, 0.717) is 0 Å². The first kappa shape index (κ1) is 15.7. The highest BCUT2D eigenvalue weighted by atomic mass is 16.6. The minimum Gasteiger partial charge on any atom is -0.466 e. The predicted octanol–water partition coefficient (Wildman–Crippen LogP) is 1.04. The fraction of sp³-hybridized carbons (Fsp3) is 0.357. The summed E-state index contributed by atoms with van der Waals surface area (Å²) in [6.07, 6.45) is -1.53. The lowest BCUT2D eigenvalue weighted by atomic mass is 10.2. The quantitative estimate of drug-likeness (QED) is 0.592. The molecule has 0 aliphatic carbocycles. The van der Waals surface area contributed by atoms with Crippen LogP contribution in [0, 0.1) is 0 Å². The Bertz CT molecular complexity index is 507. The van der Waals surface area contributed by atoms with Crippen LogP contribution in [0.3, 0.4) is 0 Å². The van der Waals surface area contributed by atoms with Crippen molar-refractivity contribution in [2.75, 3.05) is 26.1 Å². The van der Waals surface area contributed by atoms with Crippen LogP contribution in [-0.4, -0.2) is 45.0 Å². The highest BCUT2D eigenvalue weighted by molar-refractivity contribution is 6.03. The molecule has 0 fully saturated rings. The van der Waals surface area contributed by atoms with Crippen LogP contribution in [0.1, 0.15) is 17.3 Å². The molecule has 1 unspecified atom stereocenters. The lowest BCUT2D eigenvalue weighted by molar-refractivity contribution is -0.155. The summed E-state index contributed by atoms with van der Waals surface area (Å²) in [4.78, 5) is 36.3. The van der Waals surface area contributed by atoms with Gasteiger partial charge in [0.15, 0.2) is 5.78 Å². The first-order valence-electron chi connectivity index (χ1n) is 5.93. The molecule has 0 amide bonds. The lowest BCUT2D eigenvalue weighted by Crippen LogP contribution is -2.34. The van der Waals surface area contributed by atoms with E-state index in [4.69, 9.17) is 4.74 Å². The summed E-state index contributed by atoms with van der Waals surface area (Å²) in [6, 6.07) is 6.59. The van der Waals surface area contributed by atoms with Gasteiger partial charge in [-0.05, 0) is 31.2 Å². The normalized spacial score (nSPS) is 11.4. The number of carbonyl (C=O) groups is 3. The number of nitrogens with zero attached hydrogens (tertiary/aromatic N) is 1. The number of rotatable bonds is 5. The zero-order valence-corrected chi connectivity index (χ0v) is 11.9. The molecule has 0 saturated heterocycles. The zero-order chi connectivity index (χ0) is 15.3. The zero-order valence-electron chi connectivity index (χ0n) is 11.9. The van der Waals surface area contributed by atoms with Crippen molar-refractivity contribution in [3.8, 4) is 0 Å². The van der Waals surface area contributed by atoms with Crippen molar-refractivity contribution < 1.29 is 23.9 Å². The molecular formula is C14H17NO5. The third-order valence-corrected chi connectivity index (χ3v) is 2.63. The maximum atomic E-state index is 11.9. The number of ether oxygens (including phenoxy) is 2. The van der Waals surface area contributed by atoms with Crippen molar-refractivity contribution in [1.82, 2.24) is 0 Å². The molecule has 0 spiro atoms. The molecular weight excluding hydrogens is 262 g/mol. The van der Waals surface area contributed by atoms with Crippen LogP contribution >= 0.6 is 0 Å². The van der Waals surface area contributed by atoms with Crippen LogP contribution in [0.4, 0.5) is 5.69 Å². The van der Waals surface area contributed by atoms with Crippen LogP contribution in [0.2, 0.25) is 0 Å². The highest BCUT2D eigenvalue weighted by Gasteiger charge is 2.28. The van der Waals surface area contributed by atoms with Crippen LogP contribution in [-0.2, 0) is 19.1 Å². The molecule has 0 aliphatic rings. The maximum absolute atomic E-state index is 11.9. The van der Waals surface area contributed by atoms with Crippen molar-refractivity contribution in [3.05, 3.63) is 29.8 Å². The molecule has 0 heterocycles. The SMILES string of the molecule is COC(=O)C(OC(=O)c1ccc(N(C)C)cc1)C(C)=O. The summed E-state index contributed by atoms with van der Waals surface area (Å²) < 4.78 is 9.29. The Kier molecular flexibility index (Phi) is 5.25. The summed E-state index contributed by atoms with van der Waals surface area (Å²) in [5.74, 6) is -2.23. The standard InChI is InChI=1S/C14H17NO5/c1-9(16)12(14(18)19-4)20-13(17)10-5-7-11(8-6-10)15(2)3/h5-8,12H,1-4H3. The Hall–Kier alpha value is -2.37. The van der Waals surface area contributed by atoms with Crippen molar-refractivity contribution in [2.24, 2.45) is 0 Å². The molecule has 1 aromatic rings. The van der Waals surface area contributed by atoms with E-state index in [1.807, 2.05) is 19.0 Å². The molecule has 0 N–H and O–H groups in total. The summed E-state index contributed by atoms with van der Waals surface area (Å²) in [5, 5.41) is 0. The summed E-state index contributed by atoms with van der Waals surface area (Å²) in [5.41, 5.74) is 1.17. The minimum atomic E-state index is -1.53. The van der Waals surface area contributed by atoms with Crippen LogP contribution in [0.15, 0.2) is 24.3 Å². The summed E-state index contributed by atoms with van der Waals surface area (Å²) in [7, 11) is 4.87. The second-order valence-corrected chi connectivity index (χ2v) is 4.36. The Balaban J connectivity index is 2.84. The molecule has 1 atom stereocenters. The number of anilines is 1. The van der Waals surface area contributed by atoms with E-state index in [0.717, 1.165) is 19.7 Å². The Morgan fingerprint density at radius 3 is 2.05 bits per heavy atom. The molecule has 20 heavy (non-hydrogen) atoms. The number of Topliss-reactive ketones (excluding diaryl/α,β-unsaturated/α-hetero) is 1. The number of hydrogen-bond donors (Lipinski definition) is 0. The summed E-state index contributed by atoms with van der Waals surface area (Å²) in [6.45, 7) is 1.16. The van der Waals surface area contributed by atoms with Crippen LogP contribution in [0.5, 0.6) is 0 Å². The molecule has 0 aliphatic heterocycles. The third kappa shape index (κ3) is 3.81. The molecule has 108 valence electrons. The van der Waals surface area contributed by atoms with Crippen molar-refractivity contribution in [3.63, 3.8) is 0 Å². The number of methoxy groups -OCH3 is 1. The molecule has 0 aromatic heterocycles. The minimum absolute atomic E-state index is 0.255.